The Hall–Kier alpha value is -2.08. The SMILES string of the molecule is CCC(C(=O)N[C@H](CN1CCC(O)C1)c1ccc(Cl)cc1)(c1ccc(Cl)cc1)c1ccc(Cl)cc1. The smallest absolute Gasteiger partial charge is 0.235 e. The number of nitrogens with one attached hydrogen (secondary N) is 1. The first-order chi connectivity index (χ1) is 16.8. The van der Waals surface area contributed by atoms with Gasteiger partial charge in [0.25, 0.3) is 0 Å². The van der Waals surface area contributed by atoms with Crippen molar-refractivity contribution in [3.63, 3.8) is 0 Å². The molecule has 0 aliphatic carbocycles. The highest BCUT2D eigenvalue weighted by molar-refractivity contribution is 6.31. The number of hydrogen-bond donors (Lipinski definition) is 2. The second-order valence-corrected chi connectivity index (χ2v) is 10.4. The summed E-state index contributed by atoms with van der Waals surface area (Å²) >= 11 is 18.5. The lowest BCUT2D eigenvalue weighted by molar-refractivity contribution is -0.126. The Morgan fingerprint density at radius 1 is 0.943 bits per heavy atom. The zero-order valence-corrected chi connectivity index (χ0v) is 21.8. The van der Waals surface area contributed by atoms with Gasteiger partial charge in [-0.1, -0.05) is 78.1 Å². The Balaban J connectivity index is 1.73. The number of β-amino-alcohol motifs (C(OH)–C–C–N with tert-alkyl or cyclic N) is 1. The standard InChI is InChI=1S/C28H29Cl3N2O2/c1-2-28(20-5-11-23(30)12-6-20,21-7-13-24(31)14-8-21)27(35)32-26(18-33-16-15-25(34)17-33)19-3-9-22(29)10-4-19/h3-14,25-26,34H,2,15-18H2,1H3,(H,32,35)/t25?,26-/m1/s1. The van der Waals surface area contributed by atoms with Crippen molar-refractivity contribution in [3.05, 3.63) is 105 Å². The maximum absolute atomic E-state index is 14.3. The van der Waals surface area contributed by atoms with Crippen molar-refractivity contribution in [2.45, 2.75) is 37.3 Å². The lowest BCUT2D eigenvalue weighted by Gasteiger charge is -2.35. The summed E-state index contributed by atoms with van der Waals surface area (Å²) in [4.78, 5) is 16.5. The van der Waals surface area contributed by atoms with Crippen LogP contribution in [0.15, 0.2) is 72.8 Å². The third-order valence-corrected chi connectivity index (χ3v) is 7.61. The molecule has 3 aromatic carbocycles. The molecule has 2 atom stereocenters. The van der Waals surface area contributed by atoms with Crippen LogP contribution in [0.3, 0.4) is 0 Å². The molecule has 1 amide bonds. The van der Waals surface area contributed by atoms with Crippen LogP contribution >= 0.6 is 34.8 Å². The number of carbonyl (C=O) groups is 1. The van der Waals surface area contributed by atoms with E-state index in [-0.39, 0.29) is 18.1 Å². The Morgan fingerprint density at radius 2 is 1.43 bits per heavy atom. The van der Waals surface area contributed by atoms with Crippen molar-refractivity contribution in [2.24, 2.45) is 0 Å². The van der Waals surface area contributed by atoms with Gasteiger partial charge in [0.15, 0.2) is 0 Å². The summed E-state index contributed by atoms with van der Waals surface area (Å²) in [6.07, 6.45) is 0.933. The van der Waals surface area contributed by atoms with Crippen LogP contribution in [-0.2, 0) is 10.2 Å². The molecule has 3 aromatic rings. The van der Waals surface area contributed by atoms with E-state index in [2.05, 4.69) is 10.2 Å². The molecule has 1 saturated heterocycles. The summed E-state index contributed by atoms with van der Waals surface area (Å²) in [5.74, 6) is -0.107. The molecular formula is C28H29Cl3N2O2. The highest BCUT2D eigenvalue weighted by atomic mass is 35.5. The number of aliphatic hydroxyl groups excluding tert-OH is 1. The van der Waals surface area contributed by atoms with Gasteiger partial charge in [0.05, 0.1) is 17.6 Å². The Labute approximate surface area is 221 Å². The van der Waals surface area contributed by atoms with Crippen LogP contribution in [-0.4, -0.2) is 41.7 Å². The maximum atomic E-state index is 14.3. The van der Waals surface area contributed by atoms with E-state index in [1.165, 1.54) is 0 Å². The molecule has 0 saturated carbocycles. The van der Waals surface area contributed by atoms with E-state index in [0.29, 0.717) is 34.6 Å². The van der Waals surface area contributed by atoms with Gasteiger partial charge in [-0.25, -0.2) is 0 Å². The number of carbonyl (C=O) groups excluding carboxylic acids is 1. The third kappa shape index (κ3) is 5.84. The van der Waals surface area contributed by atoms with Gasteiger partial charge in [0.1, 0.15) is 0 Å². The first-order valence-corrected chi connectivity index (χ1v) is 12.9. The van der Waals surface area contributed by atoms with Gasteiger partial charge in [-0.05, 0) is 65.9 Å². The summed E-state index contributed by atoms with van der Waals surface area (Å²) in [5.41, 5.74) is 1.73. The average molecular weight is 532 g/mol. The maximum Gasteiger partial charge on any atom is 0.235 e. The number of aliphatic hydroxyl groups is 1. The lowest BCUT2D eigenvalue weighted by Crippen LogP contribution is -2.48. The topological polar surface area (TPSA) is 52.6 Å². The molecule has 0 bridgehead atoms. The lowest BCUT2D eigenvalue weighted by atomic mass is 9.71. The second kappa shape index (κ2) is 11.3. The van der Waals surface area contributed by atoms with Crippen molar-refractivity contribution >= 4 is 40.7 Å². The highest BCUT2D eigenvalue weighted by Crippen LogP contribution is 2.38. The normalized spacial score (nSPS) is 17.3. The molecule has 184 valence electrons. The number of likely N-dealkylation sites (tertiary alicyclic amines) is 1. The molecule has 1 fully saturated rings. The van der Waals surface area contributed by atoms with Crippen molar-refractivity contribution in [1.29, 1.82) is 0 Å². The van der Waals surface area contributed by atoms with E-state index in [0.717, 1.165) is 29.7 Å². The fourth-order valence-corrected chi connectivity index (χ4v) is 5.29. The largest absolute Gasteiger partial charge is 0.392 e. The average Bonchev–Trinajstić information content (AvgIpc) is 3.26. The minimum absolute atomic E-state index is 0.107. The van der Waals surface area contributed by atoms with Gasteiger partial charge in [-0.3, -0.25) is 9.69 Å². The van der Waals surface area contributed by atoms with Crippen molar-refractivity contribution in [3.8, 4) is 0 Å². The van der Waals surface area contributed by atoms with Crippen LogP contribution < -0.4 is 5.32 Å². The van der Waals surface area contributed by atoms with E-state index >= 15 is 0 Å². The van der Waals surface area contributed by atoms with Gasteiger partial charge in [0, 0.05) is 34.7 Å². The summed E-state index contributed by atoms with van der Waals surface area (Å²) in [7, 11) is 0. The van der Waals surface area contributed by atoms with Crippen molar-refractivity contribution < 1.29 is 9.90 Å². The first-order valence-electron chi connectivity index (χ1n) is 11.8. The molecule has 7 heteroatoms. The minimum atomic E-state index is -0.940. The van der Waals surface area contributed by atoms with E-state index in [1.54, 1.807) is 0 Å². The number of hydrogen-bond acceptors (Lipinski definition) is 3. The molecular weight excluding hydrogens is 503 g/mol. The minimum Gasteiger partial charge on any atom is -0.392 e. The fraction of sp³-hybridized carbons (Fsp3) is 0.321. The number of halogens is 3. The van der Waals surface area contributed by atoms with Gasteiger partial charge in [-0.2, -0.15) is 0 Å². The van der Waals surface area contributed by atoms with Crippen molar-refractivity contribution in [2.75, 3.05) is 19.6 Å². The quantitative estimate of drug-likeness (QED) is 0.360. The predicted octanol–water partition coefficient (Wildman–Crippen LogP) is 6.27. The van der Waals surface area contributed by atoms with Crippen molar-refractivity contribution in [1.82, 2.24) is 10.2 Å². The summed E-state index contributed by atoms with van der Waals surface area (Å²) < 4.78 is 0. The molecule has 1 aliphatic heterocycles. The van der Waals surface area contributed by atoms with E-state index in [4.69, 9.17) is 34.8 Å². The molecule has 0 radical (unpaired) electrons. The van der Waals surface area contributed by atoms with Crippen LogP contribution in [0.5, 0.6) is 0 Å². The highest BCUT2D eigenvalue weighted by Gasteiger charge is 2.41. The number of benzene rings is 3. The third-order valence-electron chi connectivity index (χ3n) is 6.86. The van der Waals surface area contributed by atoms with Gasteiger partial charge >= 0.3 is 0 Å². The molecule has 2 N–H and O–H groups in total. The molecule has 35 heavy (non-hydrogen) atoms. The summed E-state index contributed by atoms with van der Waals surface area (Å²) in [6, 6.07) is 22.2. The van der Waals surface area contributed by atoms with Crippen LogP contribution in [0.2, 0.25) is 15.1 Å². The second-order valence-electron chi connectivity index (χ2n) is 9.05. The Kier molecular flexibility index (Phi) is 8.41. The molecule has 0 spiro atoms. The Morgan fingerprint density at radius 3 is 1.86 bits per heavy atom. The number of nitrogens with zero attached hydrogens (tertiary/aromatic N) is 1. The molecule has 1 aliphatic rings. The van der Waals surface area contributed by atoms with Crippen LogP contribution in [0, 0.1) is 0 Å². The number of amides is 1. The molecule has 1 unspecified atom stereocenters. The van der Waals surface area contributed by atoms with Crippen LogP contribution in [0.1, 0.15) is 42.5 Å². The first kappa shape index (κ1) is 26.0. The van der Waals surface area contributed by atoms with Gasteiger partial charge < -0.3 is 10.4 Å². The van der Waals surface area contributed by atoms with Gasteiger partial charge in [0.2, 0.25) is 5.91 Å². The van der Waals surface area contributed by atoms with Crippen LogP contribution in [0.4, 0.5) is 0 Å². The number of rotatable bonds is 8. The predicted molar refractivity (Wildman–Crippen MR) is 143 cm³/mol. The monoisotopic (exact) mass is 530 g/mol. The van der Waals surface area contributed by atoms with Gasteiger partial charge in [-0.15, -0.1) is 0 Å². The summed E-state index contributed by atoms with van der Waals surface area (Å²) in [5, 5.41) is 15.2. The van der Waals surface area contributed by atoms with Crippen LogP contribution in [0.25, 0.3) is 0 Å². The molecule has 4 rings (SSSR count). The molecule has 4 nitrogen and oxygen atoms in total. The van der Waals surface area contributed by atoms with E-state index in [1.807, 2.05) is 79.7 Å². The fourth-order valence-electron chi connectivity index (χ4n) is 4.91. The van der Waals surface area contributed by atoms with E-state index in [9.17, 15) is 9.90 Å². The zero-order valence-electron chi connectivity index (χ0n) is 19.6. The summed E-state index contributed by atoms with van der Waals surface area (Å²) in [6.45, 7) is 3.98. The zero-order chi connectivity index (χ0) is 25.0. The van der Waals surface area contributed by atoms with E-state index < -0.39 is 5.41 Å². The molecule has 1 heterocycles. The Bertz CT molecular complexity index is 1090. The molecule has 0 aromatic heterocycles.